The van der Waals surface area contributed by atoms with E-state index in [-0.39, 0.29) is 0 Å². The van der Waals surface area contributed by atoms with Crippen LogP contribution in [0.15, 0.2) is 0 Å². The van der Waals surface area contributed by atoms with E-state index >= 15 is 0 Å². The quantitative estimate of drug-likeness (QED) is 0.802. The van der Waals surface area contributed by atoms with Crippen LogP contribution in [0.2, 0.25) is 0 Å². The number of likely N-dealkylation sites (tertiary alicyclic amines) is 1. The van der Waals surface area contributed by atoms with E-state index in [1.165, 1.54) is 0 Å². The van der Waals surface area contributed by atoms with Crippen molar-refractivity contribution < 1.29 is 9.90 Å². The molecule has 0 aromatic carbocycles. The van der Waals surface area contributed by atoms with Gasteiger partial charge in [-0.25, -0.2) is 0 Å². The topological polar surface area (TPSA) is 40.5 Å². The summed E-state index contributed by atoms with van der Waals surface area (Å²) in [4.78, 5) is 13.6. The lowest BCUT2D eigenvalue weighted by molar-refractivity contribution is -0.148. The standard InChI is InChI=1S/C13H25NO2/c1-5-13(11(15)16)7-9-14(10-13)8-6-12(2,3)4/h5-10H2,1-4H3,(H,15,16). The van der Waals surface area contributed by atoms with Gasteiger partial charge < -0.3 is 10.0 Å². The van der Waals surface area contributed by atoms with Gasteiger partial charge >= 0.3 is 5.97 Å². The Labute approximate surface area is 98.8 Å². The summed E-state index contributed by atoms with van der Waals surface area (Å²) in [6, 6.07) is 0. The van der Waals surface area contributed by atoms with Crippen molar-refractivity contribution in [3.05, 3.63) is 0 Å². The van der Waals surface area contributed by atoms with Crippen molar-refractivity contribution in [2.45, 2.75) is 47.0 Å². The summed E-state index contributed by atoms with van der Waals surface area (Å²) in [7, 11) is 0. The molecule has 3 heteroatoms. The molecule has 1 atom stereocenters. The first kappa shape index (κ1) is 13.5. The molecule has 1 unspecified atom stereocenters. The van der Waals surface area contributed by atoms with Gasteiger partial charge in [0.05, 0.1) is 5.41 Å². The number of aliphatic carboxylic acids is 1. The molecule has 16 heavy (non-hydrogen) atoms. The molecule has 0 saturated carbocycles. The average Bonchev–Trinajstić information content (AvgIpc) is 2.58. The maximum atomic E-state index is 11.3. The number of carboxylic acids is 1. The van der Waals surface area contributed by atoms with Crippen LogP contribution in [-0.4, -0.2) is 35.6 Å². The van der Waals surface area contributed by atoms with Crippen molar-refractivity contribution in [3.8, 4) is 0 Å². The minimum absolute atomic E-state index is 0.334. The van der Waals surface area contributed by atoms with Crippen molar-refractivity contribution >= 4 is 5.97 Å². The highest BCUT2D eigenvalue weighted by Gasteiger charge is 2.43. The second-order valence-electron chi connectivity index (χ2n) is 6.28. The number of hydrogen-bond donors (Lipinski definition) is 1. The highest BCUT2D eigenvalue weighted by Crippen LogP contribution is 2.34. The third kappa shape index (κ3) is 3.21. The molecule has 0 spiro atoms. The molecule has 1 heterocycles. The van der Waals surface area contributed by atoms with Crippen LogP contribution in [0.5, 0.6) is 0 Å². The Morgan fingerprint density at radius 1 is 1.44 bits per heavy atom. The maximum absolute atomic E-state index is 11.3. The molecule has 1 rings (SSSR count). The van der Waals surface area contributed by atoms with Crippen LogP contribution >= 0.6 is 0 Å². The number of nitrogens with zero attached hydrogens (tertiary/aromatic N) is 1. The Morgan fingerprint density at radius 3 is 2.44 bits per heavy atom. The van der Waals surface area contributed by atoms with E-state index in [9.17, 15) is 9.90 Å². The van der Waals surface area contributed by atoms with E-state index in [2.05, 4.69) is 25.7 Å². The molecule has 0 amide bonds. The SMILES string of the molecule is CCC1(C(=O)O)CCN(CCC(C)(C)C)C1. The zero-order valence-corrected chi connectivity index (χ0v) is 11.0. The van der Waals surface area contributed by atoms with Crippen molar-refractivity contribution in [1.82, 2.24) is 4.90 Å². The van der Waals surface area contributed by atoms with E-state index in [0.29, 0.717) is 5.41 Å². The number of hydrogen-bond acceptors (Lipinski definition) is 2. The van der Waals surface area contributed by atoms with Crippen LogP contribution in [0, 0.1) is 10.8 Å². The Bertz CT molecular complexity index is 257. The van der Waals surface area contributed by atoms with Gasteiger partial charge in [0.25, 0.3) is 0 Å². The predicted molar refractivity (Wildman–Crippen MR) is 65.5 cm³/mol. The molecular formula is C13H25NO2. The summed E-state index contributed by atoms with van der Waals surface area (Å²) >= 11 is 0. The monoisotopic (exact) mass is 227 g/mol. The fourth-order valence-electron chi connectivity index (χ4n) is 2.26. The van der Waals surface area contributed by atoms with Crippen LogP contribution < -0.4 is 0 Å². The smallest absolute Gasteiger partial charge is 0.310 e. The maximum Gasteiger partial charge on any atom is 0.310 e. The van der Waals surface area contributed by atoms with Crippen molar-refractivity contribution in [1.29, 1.82) is 0 Å². The second kappa shape index (κ2) is 4.74. The molecule has 0 radical (unpaired) electrons. The van der Waals surface area contributed by atoms with Gasteiger partial charge in [0, 0.05) is 6.54 Å². The molecule has 1 aliphatic rings. The zero-order valence-electron chi connectivity index (χ0n) is 11.0. The Kier molecular flexibility index (Phi) is 4.00. The van der Waals surface area contributed by atoms with Crippen molar-refractivity contribution in [3.63, 3.8) is 0 Å². The number of rotatable bonds is 4. The third-order valence-electron chi connectivity index (χ3n) is 3.74. The van der Waals surface area contributed by atoms with Gasteiger partial charge in [-0.1, -0.05) is 27.7 Å². The van der Waals surface area contributed by atoms with Gasteiger partial charge in [-0.05, 0) is 37.8 Å². The van der Waals surface area contributed by atoms with Gasteiger partial charge in [-0.3, -0.25) is 4.79 Å². The molecule has 1 saturated heterocycles. The largest absolute Gasteiger partial charge is 0.481 e. The van der Waals surface area contributed by atoms with Crippen LogP contribution in [0.1, 0.15) is 47.0 Å². The normalized spacial score (nSPS) is 27.2. The predicted octanol–water partition coefficient (Wildman–Crippen LogP) is 2.61. The summed E-state index contributed by atoms with van der Waals surface area (Å²) in [6.45, 7) is 11.4. The van der Waals surface area contributed by atoms with Crippen LogP contribution in [0.3, 0.4) is 0 Å². The van der Waals surface area contributed by atoms with E-state index in [0.717, 1.165) is 38.9 Å². The van der Waals surface area contributed by atoms with E-state index in [1.54, 1.807) is 0 Å². The van der Waals surface area contributed by atoms with E-state index in [4.69, 9.17) is 0 Å². The van der Waals surface area contributed by atoms with Gasteiger partial charge in [-0.15, -0.1) is 0 Å². The molecule has 1 N–H and O–H groups in total. The van der Waals surface area contributed by atoms with Crippen molar-refractivity contribution in [2.75, 3.05) is 19.6 Å². The van der Waals surface area contributed by atoms with Crippen LogP contribution in [-0.2, 0) is 4.79 Å². The summed E-state index contributed by atoms with van der Waals surface area (Å²) < 4.78 is 0. The molecule has 0 bridgehead atoms. The first-order valence-corrected chi connectivity index (χ1v) is 6.25. The minimum atomic E-state index is -0.617. The zero-order chi connectivity index (χ0) is 12.4. The van der Waals surface area contributed by atoms with E-state index in [1.807, 2.05) is 6.92 Å². The lowest BCUT2D eigenvalue weighted by atomic mass is 9.84. The number of carbonyl (C=O) groups is 1. The Morgan fingerprint density at radius 2 is 2.06 bits per heavy atom. The summed E-state index contributed by atoms with van der Waals surface area (Å²) in [5.74, 6) is -0.617. The Balaban J connectivity index is 2.49. The van der Waals surface area contributed by atoms with Gasteiger partial charge in [0.1, 0.15) is 0 Å². The number of carboxylic acid groups (broad SMARTS) is 1. The fraction of sp³-hybridized carbons (Fsp3) is 0.923. The third-order valence-corrected chi connectivity index (χ3v) is 3.74. The molecule has 0 aromatic rings. The summed E-state index contributed by atoms with van der Waals surface area (Å²) in [5.41, 5.74) is -0.140. The lowest BCUT2D eigenvalue weighted by Gasteiger charge is -2.25. The van der Waals surface area contributed by atoms with Gasteiger partial charge in [0.15, 0.2) is 0 Å². The molecule has 3 nitrogen and oxygen atoms in total. The average molecular weight is 227 g/mol. The van der Waals surface area contributed by atoms with Gasteiger partial charge in [0.2, 0.25) is 0 Å². The first-order valence-electron chi connectivity index (χ1n) is 6.25. The summed E-state index contributed by atoms with van der Waals surface area (Å²) in [5, 5.41) is 9.28. The van der Waals surface area contributed by atoms with Crippen molar-refractivity contribution in [2.24, 2.45) is 10.8 Å². The summed E-state index contributed by atoms with van der Waals surface area (Å²) in [6.07, 6.45) is 2.68. The highest BCUT2D eigenvalue weighted by molar-refractivity contribution is 5.75. The molecule has 1 fully saturated rings. The first-order chi connectivity index (χ1) is 7.29. The minimum Gasteiger partial charge on any atom is -0.481 e. The molecule has 94 valence electrons. The molecule has 0 aromatic heterocycles. The highest BCUT2D eigenvalue weighted by atomic mass is 16.4. The lowest BCUT2D eigenvalue weighted by Crippen LogP contribution is -2.35. The second-order valence-corrected chi connectivity index (χ2v) is 6.28. The van der Waals surface area contributed by atoms with E-state index < -0.39 is 11.4 Å². The molecular weight excluding hydrogens is 202 g/mol. The molecule has 1 aliphatic heterocycles. The Hall–Kier alpha value is -0.570. The molecule has 0 aliphatic carbocycles. The van der Waals surface area contributed by atoms with Crippen LogP contribution in [0.25, 0.3) is 0 Å². The fourth-order valence-corrected chi connectivity index (χ4v) is 2.26. The van der Waals surface area contributed by atoms with Gasteiger partial charge in [-0.2, -0.15) is 0 Å². The van der Waals surface area contributed by atoms with Crippen LogP contribution in [0.4, 0.5) is 0 Å².